The van der Waals surface area contributed by atoms with E-state index >= 15 is 0 Å². The maximum atomic E-state index is 13.6. The van der Waals surface area contributed by atoms with Crippen LogP contribution in [0.25, 0.3) is 0 Å². The van der Waals surface area contributed by atoms with Gasteiger partial charge in [0, 0.05) is 31.0 Å². The number of ether oxygens (including phenoxy) is 1. The number of rotatable bonds is 4. The van der Waals surface area contributed by atoms with Gasteiger partial charge >= 0.3 is 0 Å². The molecule has 2 aliphatic rings. The highest BCUT2D eigenvalue weighted by Crippen LogP contribution is 2.39. The topological polar surface area (TPSA) is 58.6 Å². The third-order valence-electron chi connectivity index (χ3n) is 4.93. The molecule has 0 aliphatic carbocycles. The molecular formula is C19H25FN2O3. The number of benzene rings is 1. The molecule has 1 fully saturated rings. The lowest BCUT2D eigenvalue weighted by Gasteiger charge is -2.38. The fourth-order valence-corrected chi connectivity index (χ4v) is 3.77. The predicted molar refractivity (Wildman–Crippen MR) is 91.6 cm³/mol. The van der Waals surface area contributed by atoms with Crippen LogP contribution in [0.15, 0.2) is 18.2 Å². The lowest BCUT2D eigenvalue weighted by molar-refractivity contribution is -0.138. The van der Waals surface area contributed by atoms with Crippen molar-refractivity contribution in [3.8, 4) is 5.75 Å². The first-order valence-electron chi connectivity index (χ1n) is 8.89. The third-order valence-corrected chi connectivity index (χ3v) is 4.93. The molecule has 0 unspecified atom stereocenters. The number of hydrogen-bond acceptors (Lipinski definition) is 3. The van der Waals surface area contributed by atoms with Crippen LogP contribution in [0.1, 0.15) is 58.1 Å². The minimum Gasteiger partial charge on any atom is -0.487 e. The van der Waals surface area contributed by atoms with Crippen LogP contribution >= 0.6 is 0 Å². The average molecular weight is 348 g/mol. The second-order valence-electron chi connectivity index (χ2n) is 7.42. The van der Waals surface area contributed by atoms with E-state index in [9.17, 15) is 14.0 Å². The monoisotopic (exact) mass is 348 g/mol. The summed E-state index contributed by atoms with van der Waals surface area (Å²) < 4.78 is 19.4. The lowest BCUT2D eigenvalue weighted by Crippen LogP contribution is -2.50. The first-order chi connectivity index (χ1) is 11.8. The second-order valence-corrected chi connectivity index (χ2v) is 7.42. The Kier molecular flexibility index (Phi) is 4.71. The van der Waals surface area contributed by atoms with E-state index in [0.29, 0.717) is 31.6 Å². The number of amides is 2. The van der Waals surface area contributed by atoms with Crippen molar-refractivity contribution < 1.29 is 18.7 Å². The van der Waals surface area contributed by atoms with Gasteiger partial charge in [0.1, 0.15) is 23.2 Å². The molecular weight excluding hydrogens is 323 g/mol. The van der Waals surface area contributed by atoms with E-state index in [1.807, 2.05) is 20.8 Å². The zero-order valence-electron chi connectivity index (χ0n) is 15.0. The van der Waals surface area contributed by atoms with E-state index in [0.717, 1.165) is 12.0 Å². The number of fused-ring (bicyclic) bond motifs is 1. The van der Waals surface area contributed by atoms with Crippen LogP contribution in [-0.2, 0) is 9.59 Å². The van der Waals surface area contributed by atoms with Gasteiger partial charge in [-0.05, 0) is 32.8 Å². The highest BCUT2D eigenvalue weighted by molar-refractivity contribution is 5.88. The van der Waals surface area contributed by atoms with E-state index in [1.165, 1.54) is 12.1 Å². The number of carbonyl (C=O) groups is 2. The van der Waals surface area contributed by atoms with Crippen LogP contribution in [0, 0.1) is 5.82 Å². The zero-order valence-corrected chi connectivity index (χ0v) is 15.0. The summed E-state index contributed by atoms with van der Waals surface area (Å²) in [4.78, 5) is 26.5. The van der Waals surface area contributed by atoms with Crippen molar-refractivity contribution >= 4 is 11.8 Å². The highest BCUT2D eigenvalue weighted by Gasteiger charge is 2.37. The lowest BCUT2D eigenvalue weighted by atomic mass is 9.89. The van der Waals surface area contributed by atoms with Crippen molar-refractivity contribution in [2.24, 2.45) is 0 Å². The van der Waals surface area contributed by atoms with E-state index in [4.69, 9.17) is 4.74 Å². The SMILES string of the molecule is CC[C@@H](C(=O)N[C@H]1CC(C)(C)Oc2cc(F)ccc21)N1CCCC1=O. The molecule has 136 valence electrons. The number of nitrogens with one attached hydrogen (secondary N) is 1. The van der Waals surface area contributed by atoms with Gasteiger partial charge in [-0.25, -0.2) is 4.39 Å². The molecule has 0 spiro atoms. The Labute approximate surface area is 147 Å². The molecule has 2 heterocycles. The molecule has 0 radical (unpaired) electrons. The summed E-state index contributed by atoms with van der Waals surface area (Å²) in [5, 5.41) is 3.06. The summed E-state index contributed by atoms with van der Waals surface area (Å²) in [6.45, 7) is 6.38. The number of carbonyl (C=O) groups excluding carboxylic acids is 2. The van der Waals surface area contributed by atoms with Gasteiger partial charge in [-0.2, -0.15) is 0 Å². The van der Waals surface area contributed by atoms with Gasteiger partial charge in [0.25, 0.3) is 0 Å². The Bertz CT molecular complexity index is 689. The molecule has 0 bridgehead atoms. The zero-order chi connectivity index (χ0) is 18.2. The Hall–Kier alpha value is -2.11. The van der Waals surface area contributed by atoms with Crippen LogP contribution in [0.3, 0.4) is 0 Å². The van der Waals surface area contributed by atoms with Crippen LogP contribution in [-0.4, -0.2) is 34.9 Å². The fraction of sp³-hybridized carbons (Fsp3) is 0.579. The summed E-state index contributed by atoms with van der Waals surface area (Å²) in [6.07, 6.45) is 2.47. The minimum atomic E-state index is -0.510. The molecule has 6 heteroatoms. The van der Waals surface area contributed by atoms with Gasteiger partial charge in [0.05, 0.1) is 6.04 Å². The van der Waals surface area contributed by atoms with E-state index in [2.05, 4.69) is 5.32 Å². The molecule has 2 amide bonds. The van der Waals surface area contributed by atoms with Crippen molar-refractivity contribution in [1.29, 1.82) is 0 Å². The van der Waals surface area contributed by atoms with Crippen LogP contribution in [0.2, 0.25) is 0 Å². The van der Waals surface area contributed by atoms with Crippen LogP contribution < -0.4 is 10.1 Å². The van der Waals surface area contributed by atoms with Crippen molar-refractivity contribution in [3.05, 3.63) is 29.6 Å². The molecule has 2 atom stereocenters. The molecule has 0 saturated carbocycles. The number of likely N-dealkylation sites (tertiary alicyclic amines) is 1. The van der Waals surface area contributed by atoms with Crippen molar-refractivity contribution in [1.82, 2.24) is 10.2 Å². The molecule has 1 N–H and O–H groups in total. The largest absolute Gasteiger partial charge is 0.487 e. The van der Waals surface area contributed by atoms with Crippen molar-refractivity contribution in [2.45, 2.75) is 64.1 Å². The van der Waals surface area contributed by atoms with Crippen LogP contribution in [0.5, 0.6) is 5.75 Å². The molecule has 0 aromatic heterocycles. The number of nitrogens with zero attached hydrogens (tertiary/aromatic N) is 1. The Morgan fingerprint density at radius 2 is 2.24 bits per heavy atom. The first kappa shape index (κ1) is 17.7. The Balaban J connectivity index is 1.81. The summed E-state index contributed by atoms with van der Waals surface area (Å²) >= 11 is 0. The summed E-state index contributed by atoms with van der Waals surface area (Å²) in [6, 6.07) is 3.67. The molecule has 1 aromatic rings. The van der Waals surface area contributed by atoms with Gasteiger partial charge < -0.3 is 15.0 Å². The van der Waals surface area contributed by atoms with Crippen LogP contribution in [0.4, 0.5) is 4.39 Å². The molecule has 1 aromatic carbocycles. The van der Waals surface area contributed by atoms with Gasteiger partial charge in [-0.1, -0.05) is 13.0 Å². The molecule has 5 nitrogen and oxygen atoms in total. The summed E-state index contributed by atoms with van der Waals surface area (Å²) in [5.41, 5.74) is 0.265. The van der Waals surface area contributed by atoms with Crippen molar-refractivity contribution in [3.63, 3.8) is 0 Å². The maximum absolute atomic E-state index is 13.6. The molecule has 25 heavy (non-hydrogen) atoms. The van der Waals surface area contributed by atoms with Gasteiger partial charge in [0.15, 0.2) is 0 Å². The first-order valence-corrected chi connectivity index (χ1v) is 8.89. The maximum Gasteiger partial charge on any atom is 0.243 e. The number of halogens is 1. The normalized spacial score (nSPS) is 23.0. The van der Waals surface area contributed by atoms with Crippen molar-refractivity contribution in [2.75, 3.05) is 6.54 Å². The third kappa shape index (κ3) is 3.62. The summed E-state index contributed by atoms with van der Waals surface area (Å²) in [7, 11) is 0. The molecule has 1 saturated heterocycles. The quantitative estimate of drug-likeness (QED) is 0.910. The van der Waals surface area contributed by atoms with E-state index in [1.54, 1.807) is 11.0 Å². The number of hydrogen-bond donors (Lipinski definition) is 1. The highest BCUT2D eigenvalue weighted by atomic mass is 19.1. The van der Waals surface area contributed by atoms with E-state index < -0.39 is 11.6 Å². The molecule has 2 aliphatic heterocycles. The Morgan fingerprint density at radius 1 is 1.48 bits per heavy atom. The van der Waals surface area contributed by atoms with E-state index in [-0.39, 0.29) is 23.7 Å². The Morgan fingerprint density at radius 3 is 2.88 bits per heavy atom. The predicted octanol–water partition coefficient (Wildman–Crippen LogP) is 2.95. The molecule has 3 rings (SSSR count). The smallest absolute Gasteiger partial charge is 0.243 e. The summed E-state index contributed by atoms with van der Waals surface area (Å²) in [5.74, 6) is -0.0185. The fourth-order valence-electron chi connectivity index (χ4n) is 3.77. The average Bonchev–Trinajstić information content (AvgIpc) is 2.92. The minimum absolute atomic E-state index is 0.0387. The van der Waals surface area contributed by atoms with Gasteiger partial charge in [0.2, 0.25) is 11.8 Å². The van der Waals surface area contributed by atoms with Gasteiger partial charge in [-0.15, -0.1) is 0 Å². The standard InChI is InChI=1S/C19H25FN2O3/c1-4-15(22-9-5-6-17(22)23)18(24)21-14-11-19(2,3)25-16-10-12(20)7-8-13(14)16/h7-8,10,14-15H,4-6,9,11H2,1-3H3,(H,21,24)/t14-,15-/m0/s1. The van der Waals surface area contributed by atoms with Gasteiger partial charge in [-0.3, -0.25) is 9.59 Å². The second kappa shape index (κ2) is 6.65.